The molecule has 4 aliphatic rings. The average Bonchev–Trinajstić information content (AvgIpc) is 2.58. The van der Waals surface area contributed by atoms with E-state index < -0.39 is 28.3 Å². The molecule has 12 rings (SSSR count). The van der Waals surface area contributed by atoms with Gasteiger partial charge in [0.05, 0.1) is 71.9 Å². The molecule has 0 unspecified atom stereocenters. The summed E-state index contributed by atoms with van der Waals surface area (Å²) in [7, 11) is -1.79. The van der Waals surface area contributed by atoms with Crippen LogP contribution in [0.5, 0.6) is 0 Å². The highest BCUT2D eigenvalue weighted by molar-refractivity contribution is 9.11. The van der Waals surface area contributed by atoms with Crippen LogP contribution in [0.2, 0.25) is 20.1 Å². The zero-order valence-electron chi connectivity index (χ0n) is 49.2. The Balaban J connectivity index is 0.000000136. The Morgan fingerprint density at radius 2 is 0.683 bits per heavy atom. The van der Waals surface area contributed by atoms with E-state index in [1.54, 1.807) is 24.8 Å². The number of rotatable bonds is 3. The Labute approximate surface area is 520 Å². The van der Waals surface area contributed by atoms with E-state index in [0.29, 0.717) is 15.1 Å². The first-order valence-electron chi connectivity index (χ1n) is 26.9. The maximum atomic E-state index is 6.33. The summed E-state index contributed by atoms with van der Waals surface area (Å²) in [5, 5.41) is 6.76. The van der Waals surface area contributed by atoms with Gasteiger partial charge in [-0.15, -0.1) is 0 Å². The first kappa shape index (κ1) is 64.6. The molecule has 4 aromatic heterocycles. The van der Waals surface area contributed by atoms with E-state index in [1.807, 2.05) is 208 Å². The molecular formula is C60H68B4Br2Cl4N4O8. The molecule has 4 aliphatic heterocycles. The quantitative estimate of drug-likeness (QED) is 0.156. The fourth-order valence-corrected chi connectivity index (χ4v) is 11.1. The van der Waals surface area contributed by atoms with Crippen LogP contribution in [0.15, 0.2) is 131 Å². The molecule has 8 aromatic rings. The lowest BCUT2D eigenvalue weighted by Crippen LogP contribution is -2.41. The number of fused-ring (bicyclic) bond motifs is 4. The van der Waals surface area contributed by atoms with Crippen LogP contribution in [0.3, 0.4) is 0 Å². The summed E-state index contributed by atoms with van der Waals surface area (Å²) >= 11 is 31.2. The van der Waals surface area contributed by atoms with E-state index in [2.05, 4.69) is 51.8 Å². The highest BCUT2D eigenvalue weighted by Gasteiger charge is 2.64. The molecule has 12 nitrogen and oxygen atoms in total. The lowest BCUT2D eigenvalue weighted by Gasteiger charge is -2.32. The molecule has 0 aliphatic carbocycles. The van der Waals surface area contributed by atoms with Gasteiger partial charge in [-0.3, -0.25) is 19.9 Å². The van der Waals surface area contributed by atoms with Gasteiger partial charge in [-0.05, 0) is 207 Å². The molecular weight excluding hydrogens is 1250 g/mol. The molecule has 8 heterocycles. The third kappa shape index (κ3) is 14.0. The number of pyridine rings is 4. The second-order valence-electron chi connectivity index (χ2n) is 24.5. The first-order valence-corrected chi connectivity index (χ1v) is 30.0. The Morgan fingerprint density at radius 3 is 1.12 bits per heavy atom. The van der Waals surface area contributed by atoms with Crippen LogP contribution < -0.4 is 10.9 Å². The van der Waals surface area contributed by atoms with E-state index >= 15 is 0 Å². The monoisotopic (exact) mass is 1310 g/mol. The van der Waals surface area contributed by atoms with E-state index in [0.717, 1.165) is 68.5 Å². The maximum absolute atomic E-state index is 6.33. The number of aromatic nitrogens is 4. The minimum Gasteiger partial charge on any atom is -0.405 e. The van der Waals surface area contributed by atoms with E-state index in [-0.39, 0.29) is 44.8 Å². The molecule has 0 spiro atoms. The van der Waals surface area contributed by atoms with Crippen LogP contribution in [-0.2, 0) is 37.2 Å². The predicted molar refractivity (Wildman–Crippen MR) is 346 cm³/mol. The average molecular weight is 1320 g/mol. The largest absolute Gasteiger partial charge is 0.495 e. The third-order valence-corrected chi connectivity index (χ3v) is 18.7. The van der Waals surface area contributed by atoms with Gasteiger partial charge in [-0.2, -0.15) is 0 Å². The van der Waals surface area contributed by atoms with Gasteiger partial charge < -0.3 is 37.2 Å². The molecule has 4 fully saturated rings. The first-order chi connectivity index (χ1) is 38.0. The van der Waals surface area contributed by atoms with E-state index in [1.165, 1.54) is 0 Å². The van der Waals surface area contributed by atoms with Gasteiger partial charge in [0.25, 0.3) is 0 Å². The molecule has 22 heteroatoms. The molecule has 0 N–H and O–H groups in total. The highest BCUT2D eigenvalue weighted by Crippen LogP contribution is 2.44. The van der Waals surface area contributed by atoms with E-state index in [9.17, 15) is 0 Å². The maximum Gasteiger partial charge on any atom is 0.495 e. The lowest BCUT2D eigenvalue weighted by molar-refractivity contribution is 0.00578. The van der Waals surface area contributed by atoms with Crippen molar-refractivity contribution in [1.82, 2.24) is 19.9 Å². The van der Waals surface area contributed by atoms with Gasteiger partial charge in [0, 0.05) is 70.3 Å². The predicted octanol–water partition coefficient (Wildman–Crippen LogP) is 15.9. The minimum atomic E-state index is -0.476. The van der Waals surface area contributed by atoms with Crippen LogP contribution in [0.4, 0.5) is 0 Å². The zero-order valence-corrected chi connectivity index (χ0v) is 55.4. The van der Waals surface area contributed by atoms with Gasteiger partial charge >= 0.3 is 28.3 Å². The normalized spacial score (nSPS) is 20.1. The van der Waals surface area contributed by atoms with Crippen molar-refractivity contribution in [2.75, 3.05) is 0 Å². The molecule has 4 saturated heterocycles. The Hall–Kier alpha value is -3.42. The van der Waals surface area contributed by atoms with Crippen LogP contribution in [-0.4, -0.2) is 93.0 Å². The summed E-state index contributed by atoms with van der Waals surface area (Å²) in [6.45, 7) is 32.5. The van der Waals surface area contributed by atoms with Crippen molar-refractivity contribution < 1.29 is 37.2 Å². The standard InChI is InChI=1S/2C15H17BClNO2.C12H24B2O4.2C9H5BrClN/c1-14(2)15(3,4)20-16(19-14)12-8-10(17)9-13-11(12)6-5-7-18-13;1-14(2)15(3,4)20-16(19-14)10-8-12(17)11-6-5-7-18-13(11)9-10;1-9(2)10(3,4)16-13(15-9)14-17-11(5,6)12(7,8)18-14;10-8-4-6(11)5-9-7(8)2-1-3-12-9;10-6-4-8(11)7-2-1-3-12-9(7)5-6/h2*5-9H,1-4H3;1-8H3;2*1-5H. The Kier molecular flexibility index (Phi) is 19.2. The topological polar surface area (TPSA) is 125 Å². The van der Waals surface area contributed by atoms with Crippen molar-refractivity contribution in [3.63, 3.8) is 0 Å². The van der Waals surface area contributed by atoms with Crippen molar-refractivity contribution >= 4 is 161 Å². The zero-order chi connectivity index (χ0) is 60.2. The summed E-state index contributed by atoms with van der Waals surface area (Å²) in [4.78, 5) is 17.1. The molecule has 0 radical (unpaired) electrons. The highest BCUT2D eigenvalue weighted by atomic mass is 79.9. The molecule has 0 saturated carbocycles. The molecule has 0 atom stereocenters. The van der Waals surface area contributed by atoms with Gasteiger partial charge in [0.2, 0.25) is 0 Å². The number of hydrogen-bond donors (Lipinski definition) is 0. The minimum absolute atomic E-state index is 0.358. The SMILES string of the molecule is CC1(C)OB(B2OC(C)(C)C(C)(C)O2)OC1(C)C.CC1(C)OB(c2cc(Cl)c3cccnc3c2)OC1(C)C.CC1(C)OB(c2cc(Cl)cc3ncccc23)OC1(C)C.Clc1cc(Br)c2cccnc2c1.Clc1cc(Br)cc2ncccc12. The number of benzene rings is 4. The molecule has 0 bridgehead atoms. The van der Waals surface area contributed by atoms with Crippen LogP contribution in [0, 0.1) is 0 Å². The fraction of sp³-hybridized carbons (Fsp3) is 0.400. The Bertz CT molecular complexity index is 3450. The molecule has 430 valence electrons. The van der Waals surface area contributed by atoms with Gasteiger partial charge in [0.15, 0.2) is 0 Å². The summed E-state index contributed by atoms with van der Waals surface area (Å²) in [6.07, 6.45) is 7.02. The van der Waals surface area contributed by atoms with Crippen molar-refractivity contribution in [2.45, 2.75) is 156 Å². The summed E-state index contributed by atoms with van der Waals surface area (Å²) in [5.41, 5.74) is 2.47. The second kappa shape index (κ2) is 24.4. The summed E-state index contributed by atoms with van der Waals surface area (Å²) in [6, 6.07) is 30.6. The smallest absolute Gasteiger partial charge is 0.405 e. The van der Waals surface area contributed by atoms with Gasteiger partial charge in [0.1, 0.15) is 0 Å². The van der Waals surface area contributed by atoms with E-state index in [4.69, 9.17) is 83.6 Å². The Morgan fingerprint density at radius 1 is 0.354 bits per heavy atom. The third-order valence-electron chi connectivity index (χ3n) is 16.5. The fourth-order valence-electron chi connectivity index (χ4n) is 8.82. The van der Waals surface area contributed by atoms with Crippen LogP contribution in [0.1, 0.15) is 111 Å². The summed E-state index contributed by atoms with van der Waals surface area (Å²) < 4.78 is 50.1. The molecule has 82 heavy (non-hydrogen) atoms. The van der Waals surface area contributed by atoms with Gasteiger partial charge in [-0.25, -0.2) is 0 Å². The van der Waals surface area contributed by atoms with Crippen molar-refractivity contribution in [2.24, 2.45) is 0 Å². The number of nitrogens with zero attached hydrogens (tertiary/aromatic N) is 4. The van der Waals surface area contributed by atoms with Gasteiger partial charge in [-0.1, -0.05) is 90.4 Å². The van der Waals surface area contributed by atoms with Crippen LogP contribution >= 0.6 is 78.3 Å². The number of halogens is 6. The lowest BCUT2D eigenvalue weighted by atomic mass is 9.49. The van der Waals surface area contributed by atoms with Crippen molar-refractivity contribution in [3.05, 3.63) is 151 Å². The van der Waals surface area contributed by atoms with Crippen molar-refractivity contribution in [1.29, 1.82) is 0 Å². The molecule has 0 amide bonds. The number of hydrogen-bond acceptors (Lipinski definition) is 12. The molecule has 4 aromatic carbocycles. The van der Waals surface area contributed by atoms with Crippen molar-refractivity contribution in [3.8, 4) is 0 Å². The van der Waals surface area contributed by atoms with Crippen LogP contribution in [0.25, 0.3) is 43.6 Å². The summed E-state index contributed by atoms with van der Waals surface area (Å²) in [5.74, 6) is 0. The second-order valence-corrected chi connectivity index (χ2v) is 27.9.